The molecule has 0 bridgehead atoms. The van der Waals surface area contributed by atoms with Crippen LogP contribution in [0.15, 0.2) is 76.5 Å². The highest BCUT2D eigenvalue weighted by atomic mass is 35.5. The van der Waals surface area contributed by atoms with E-state index in [1.807, 2.05) is 0 Å². The SMILES string of the molecule is O=C(Oc1ccc(Cl)cc1S(=O)(=O)c1cc(Cl)ccc1-c1ccc(Cl)c(C(=O)O)c1Cl)c1c(Cl)cccc1Cl. The van der Waals surface area contributed by atoms with E-state index in [-0.39, 0.29) is 57.5 Å². The van der Waals surface area contributed by atoms with Crippen molar-refractivity contribution in [3.05, 3.63) is 108 Å². The summed E-state index contributed by atoms with van der Waals surface area (Å²) in [6, 6.07) is 14.5. The van der Waals surface area contributed by atoms with E-state index in [2.05, 4.69) is 0 Å². The highest BCUT2D eigenvalue weighted by Gasteiger charge is 2.30. The molecule has 0 saturated carbocycles. The molecule has 0 aliphatic carbocycles. The van der Waals surface area contributed by atoms with Gasteiger partial charge >= 0.3 is 11.9 Å². The van der Waals surface area contributed by atoms with Crippen LogP contribution in [0.2, 0.25) is 30.1 Å². The number of benzene rings is 4. The van der Waals surface area contributed by atoms with Gasteiger partial charge in [-0.25, -0.2) is 18.0 Å². The van der Waals surface area contributed by atoms with Gasteiger partial charge in [0.15, 0.2) is 0 Å². The summed E-state index contributed by atoms with van der Waals surface area (Å²) in [6.45, 7) is 0. The van der Waals surface area contributed by atoms with Crippen molar-refractivity contribution in [2.24, 2.45) is 0 Å². The topological polar surface area (TPSA) is 97.7 Å². The minimum atomic E-state index is -4.55. The van der Waals surface area contributed by atoms with Gasteiger partial charge in [-0.2, -0.15) is 0 Å². The fourth-order valence-corrected chi connectivity index (χ4v) is 6.94. The number of carbonyl (C=O) groups is 2. The number of esters is 1. The summed E-state index contributed by atoms with van der Waals surface area (Å²) < 4.78 is 33.5. The van der Waals surface area contributed by atoms with Crippen LogP contribution in [0.1, 0.15) is 20.7 Å². The maximum absolute atomic E-state index is 14.1. The highest BCUT2D eigenvalue weighted by molar-refractivity contribution is 7.91. The molecule has 0 atom stereocenters. The Hall–Kier alpha value is -2.49. The first kappa shape index (κ1) is 29.5. The molecule has 0 unspecified atom stereocenters. The number of hydrogen-bond donors (Lipinski definition) is 1. The molecule has 0 radical (unpaired) electrons. The van der Waals surface area contributed by atoms with Crippen LogP contribution < -0.4 is 4.74 Å². The van der Waals surface area contributed by atoms with Crippen molar-refractivity contribution in [2.75, 3.05) is 0 Å². The molecule has 4 aromatic carbocycles. The number of carboxylic acids is 1. The van der Waals surface area contributed by atoms with Gasteiger partial charge in [-0.3, -0.25) is 0 Å². The molecule has 13 heteroatoms. The Labute approximate surface area is 252 Å². The summed E-state index contributed by atoms with van der Waals surface area (Å²) in [5, 5.41) is 9.18. The summed E-state index contributed by atoms with van der Waals surface area (Å²) in [4.78, 5) is 23.8. The lowest BCUT2D eigenvalue weighted by Crippen LogP contribution is -2.13. The smallest absolute Gasteiger partial charge is 0.346 e. The standard InChI is InChI=1S/C26H12Cl6O6S/c27-12-4-6-14(15-7-8-18(31)23(24(15)32)25(33)34)20(10-12)39(36,37)21-11-13(28)5-9-19(21)38-26(35)22-16(29)2-1-3-17(22)30/h1-11H,(H,33,34). The Morgan fingerprint density at radius 3 is 1.82 bits per heavy atom. The number of sulfone groups is 1. The number of hydrogen-bond acceptors (Lipinski definition) is 5. The molecule has 0 spiro atoms. The Morgan fingerprint density at radius 1 is 0.667 bits per heavy atom. The number of ether oxygens (including phenoxy) is 1. The van der Waals surface area contributed by atoms with Gasteiger partial charge < -0.3 is 9.84 Å². The molecule has 0 aromatic heterocycles. The van der Waals surface area contributed by atoms with Gasteiger partial charge in [0.2, 0.25) is 9.84 Å². The zero-order valence-electron chi connectivity index (χ0n) is 19.0. The second kappa shape index (κ2) is 11.6. The first-order valence-corrected chi connectivity index (χ1v) is 14.3. The first-order valence-electron chi connectivity index (χ1n) is 10.5. The van der Waals surface area contributed by atoms with Crippen LogP contribution in [0.4, 0.5) is 0 Å². The number of rotatable bonds is 6. The number of carboxylic acid groups (broad SMARTS) is 1. The van der Waals surface area contributed by atoms with Gasteiger partial charge in [0, 0.05) is 21.2 Å². The molecule has 39 heavy (non-hydrogen) atoms. The van der Waals surface area contributed by atoms with Gasteiger partial charge in [0.25, 0.3) is 0 Å². The van der Waals surface area contributed by atoms with Crippen molar-refractivity contribution in [3.63, 3.8) is 0 Å². The second-order valence-corrected chi connectivity index (χ2v) is 12.2. The van der Waals surface area contributed by atoms with Gasteiger partial charge in [-0.15, -0.1) is 0 Å². The Balaban J connectivity index is 1.91. The van der Waals surface area contributed by atoms with E-state index in [4.69, 9.17) is 74.3 Å². The van der Waals surface area contributed by atoms with Crippen molar-refractivity contribution < 1.29 is 27.9 Å². The maximum atomic E-state index is 14.1. The van der Waals surface area contributed by atoms with E-state index in [0.29, 0.717) is 0 Å². The molecule has 0 amide bonds. The molecule has 6 nitrogen and oxygen atoms in total. The maximum Gasteiger partial charge on any atom is 0.346 e. The molecular formula is C26H12Cl6O6S. The van der Waals surface area contributed by atoms with Crippen LogP contribution in [-0.4, -0.2) is 25.5 Å². The molecule has 1 N–H and O–H groups in total. The van der Waals surface area contributed by atoms with Gasteiger partial charge in [0.1, 0.15) is 10.6 Å². The van der Waals surface area contributed by atoms with Crippen LogP contribution in [-0.2, 0) is 9.84 Å². The van der Waals surface area contributed by atoms with E-state index >= 15 is 0 Å². The van der Waals surface area contributed by atoms with Crippen LogP contribution >= 0.6 is 69.6 Å². The number of carbonyl (C=O) groups excluding carboxylic acids is 1. The lowest BCUT2D eigenvalue weighted by atomic mass is 10.0. The predicted octanol–water partition coefficient (Wildman–Crippen LogP) is 9.02. The normalized spacial score (nSPS) is 11.3. The van der Waals surface area contributed by atoms with Gasteiger partial charge in [-0.05, 0) is 48.5 Å². The molecular weight excluding hydrogens is 653 g/mol. The number of aromatic carboxylic acids is 1. The average Bonchev–Trinajstić information content (AvgIpc) is 2.85. The van der Waals surface area contributed by atoms with Crippen LogP contribution in [0.5, 0.6) is 5.75 Å². The zero-order chi connectivity index (χ0) is 28.6. The molecule has 4 aromatic rings. The quantitative estimate of drug-likeness (QED) is 0.163. The summed E-state index contributed by atoms with van der Waals surface area (Å²) in [7, 11) is -4.55. The molecule has 4 rings (SSSR count). The van der Waals surface area contributed by atoms with Crippen LogP contribution in [0, 0.1) is 0 Å². The number of halogens is 6. The molecule has 0 aliphatic heterocycles. The third-order valence-electron chi connectivity index (χ3n) is 5.39. The average molecular weight is 665 g/mol. The molecule has 0 saturated heterocycles. The van der Waals surface area contributed by atoms with Crippen molar-refractivity contribution in [1.82, 2.24) is 0 Å². The van der Waals surface area contributed by atoms with E-state index in [1.54, 1.807) is 0 Å². The van der Waals surface area contributed by atoms with Crippen molar-refractivity contribution in [1.29, 1.82) is 0 Å². The van der Waals surface area contributed by atoms with Crippen molar-refractivity contribution >= 4 is 91.4 Å². The fraction of sp³-hybridized carbons (Fsp3) is 0. The summed E-state index contributed by atoms with van der Waals surface area (Å²) in [6.07, 6.45) is 0. The summed E-state index contributed by atoms with van der Waals surface area (Å²) in [5.74, 6) is -2.80. The Bertz CT molecular complexity index is 1750. The van der Waals surface area contributed by atoms with E-state index in [1.165, 1.54) is 54.6 Å². The van der Waals surface area contributed by atoms with E-state index in [0.717, 1.165) is 12.1 Å². The van der Waals surface area contributed by atoms with E-state index in [9.17, 15) is 23.1 Å². The minimum absolute atomic E-state index is 0.00499. The predicted molar refractivity (Wildman–Crippen MR) is 152 cm³/mol. The summed E-state index contributed by atoms with van der Waals surface area (Å²) >= 11 is 36.9. The summed E-state index contributed by atoms with van der Waals surface area (Å²) in [5.41, 5.74) is -0.521. The largest absolute Gasteiger partial charge is 0.478 e. The van der Waals surface area contributed by atoms with Crippen LogP contribution in [0.3, 0.4) is 0 Å². The van der Waals surface area contributed by atoms with Gasteiger partial charge in [0.05, 0.1) is 36.1 Å². The minimum Gasteiger partial charge on any atom is -0.478 e. The lowest BCUT2D eigenvalue weighted by molar-refractivity contribution is 0.0694. The van der Waals surface area contributed by atoms with Gasteiger partial charge in [-0.1, -0.05) is 87.8 Å². The third kappa shape index (κ3) is 5.86. The zero-order valence-corrected chi connectivity index (χ0v) is 24.4. The first-order chi connectivity index (χ1) is 18.3. The Kier molecular flexibility index (Phi) is 8.73. The van der Waals surface area contributed by atoms with E-state index < -0.39 is 32.2 Å². The molecule has 200 valence electrons. The third-order valence-corrected chi connectivity index (χ3v) is 9.02. The molecule has 0 heterocycles. The fourth-order valence-electron chi connectivity index (χ4n) is 3.64. The Morgan fingerprint density at radius 2 is 1.21 bits per heavy atom. The monoisotopic (exact) mass is 662 g/mol. The molecule has 0 fully saturated rings. The highest BCUT2D eigenvalue weighted by Crippen LogP contribution is 2.42. The van der Waals surface area contributed by atoms with Crippen molar-refractivity contribution in [3.8, 4) is 16.9 Å². The lowest BCUT2D eigenvalue weighted by Gasteiger charge is -2.16. The van der Waals surface area contributed by atoms with Crippen LogP contribution in [0.25, 0.3) is 11.1 Å². The van der Waals surface area contributed by atoms with Crippen molar-refractivity contribution in [2.45, 2.75) is 9.79 Å². The second-order valence-electron chi connectivity index (χ2n) is 7.81. The molecule has 0 aliphatic rings.